The summed E-state index contributed by atoms with van der Waals surface area (Å²) in [4.78, 5) is 14.2. The number of nitrogens with two attached hydrogens (primary N) is 1. The van der Waals surface area contributed by atoms with Gasteiger partial charge >= 0.3 is 0 Å². The summed E-state index contributed by atoms with van der Waals surface area (Å²) < 4.78 is 18.2. The molecule has 3 N–H and O–H groups in total. The Morgan fingerprint density at radius 2 is 2.18 bits per heavy atom. The zero-order valence-electron chi connectivity index (χ0n) is 12.9. The van der Waals surface area contributed by atoms with Gasteiger partial charge in [0.2, 0.25) is 5.91 Å². The number of hydrogen-bond acceptors (Lipinski definition) is 4. The molecular formula is C16H24FN3O2. The molecule has 2 unspecified atom stereocenters. The van der Waals surface area contributed by atoms with Gasteiger partial charge in [-0.05, 0) is 30.5 Å². The summed E-state index contributed by atoms with van der Waals surface area (Å²) in [6.07, 6.45) is 2.00. The molecule has 1 aliphatic heterocycles. The number of benzene rings is 1. The Kier molecular flexibility index (Phi) is 6.30. The minimum absolute atomic E-state index is 0.0429. The number of nitrogens with zero attached hydrogens (tertiary/aromatic N) is 1. The molecule has 0 aromatic heterocycles. The Hall–Kier alpha value is -1.50. The van der Waals surface area contributed by atoms with Crippen LogP contribution < -0.4 is 11.1 Å². The van der Waals surface area contributed by atoms with E-state index in [0.29, 0.717) is 19.6 Å². The third-order valence-corrected chi connectivity index (χ3v) is 4.14. The van der Waals surface area contributed by atoms with Crippen molar-refractivity contribution in [2.24, 2.45) is 5.73 Å². The fourth-order valence-electron chi connectivity index (χ4n) is 2.77. The lowest BCUT2D eigenvalue weighted by atomic mass is 9.99. The number of methoxy groups -OCH3 is 1. The summed E-state index contributed by atoms with van der Waals surface area (Å²) in [7, 11) is 1.71. The summed E-state index contributed by atoms with van der Waals surface area (Å²) in [6.45, 7) is 2.07. The number of carbonyl (C=O) groups excluding carboxylic acids is 1. The van der Waals surface area contributed by atoms with Gasteiger partial charge in [0.1, 0.15) is 5.82 Å². The van der Waals surface area contributed by atoms with Crippen molar-refractivity contribution < 1.29 is 13.9 Å². The third-order valence-electron chi connectivity index (χ3n) is 4.14. The van der Waals surface area contributed by atoms with Crippen molar-refractivity contribution in [2.45, 2.75) is 31.5 Å². The van der Waals surface area contributed by atoms with Gasteiger partial charge in [-0.2, -0.15) is 0 Å². The lowest BCUT2D eigenvalue weighted by Gasteiger charge is -2.37. The predicted octanol–water partition coefficient (Wildman–Crippen LogP) is 0.880. The number of rotatable bonds is 6. The average molecular weight is 309 g/mol. The number of nitrogens with one attached hydrogen (secondary N) is 1. The molecule has 2 atom stereocenters. The highest BCUT2D eigenvalue weighted by Crippen LogP contribution is 2.18. The maximum Gasteiger partial charge on any atom is 0.234 e. The lowest BCUT2D eigenvalue weighted by Crippen LogP contribution is -2.51. The zero-order valence-corrected chi connectivity index (χ0v) is 12.9. The molecule has 0 aliphatic carbocycles. The fourth-order valence-corrected chi connectivity index (χ4v) is 2.77. The van der Waals surface area contributed by atoms with Crippen LogP contribution in [0.15, 0.2) is 24.3 Å². The standard InChI is InChI=1S/C16H24FN3O2/c1-22-15-6-7-20(14(8-15)9-18)11-16(21)19-10-12-2-4-13(17)5-3-12/h2-5,14-15H,6-11,18H2,1H3,(H,19,21). The van der Waals surface area contributed by atoms with Gasteiger partial charge in [0.15, 0.2) is 0 Å². The van der Waals surface area contributed by atoms with E-state index in [1.807, 2.05) is 0 Å². The van der Waals surface area contributed by atoms with Crippen molar-refractivity contribution in [1.82, 2.24) is 10.2 Å². The Morgan fingerprint density at radius 3 is 2.82 bits per heavy atom. The van der Waals surface area contributed by atoms with Gasteiger partial charge in [-0.1, -0.05) is 12.1 Å². The summed E-state index contributed by atoms with van der Waals surface area (Å²) >= 11 is 0. The molecule has 0 spiro atoms. The number of halogens is 1. The fraction of sp³-hybridized carbons (Fsp3) is 0.562. The first-order valence-electron chi connectivity index (χ1n) is 7.60. The summed E-state index contributed by atoms with van der Waals surface area (Å²) in [5, 5.41) is 2.86. The molecule has 1 heterocycles. The number of piperidine rings is 1. The van der Waals surface area contributed by atoms with E-state index in [-0.39, 0.29) is 23.9 Å². The van der Waals surface area contributed by atoms with E-state index in [1.165, 1.54) is 12.1 Å². The van der Waals surface area contributed by atoms with Gasteiger partial charge in [-0.25, -0.2) is 4.39 Å². The second kappa shape index (κ2) is 8.22. The van der Waals surface area contributed by atoms with E-state index in [0.717, 1.165) is 24.9 Å². The van der Waals surface area contributed by atoms with Gasteiger partial charge in [0.25, 0.3) is 0 Å². The van der Waals surface area contributed by atoms with E-state index in [4.69, 9.17) is 10.5 Å². The van der Waals surface area contributed by atoms with Crippen LogP contribution in [0.25, 0.3) is 0 Å². The number of amides is 1. The summed E-state index contributed by atoms with van der Waals surface area (Å²) in [5.41, 5.74) is 6.68. The lowest BCUT2D eigenvalue weighted by molar-refractivity contribution is -0.124. The number of likely N-dealkylation sites (tertiary alicyclic amines) is 1. The third kappa shape index (κ3) is 4.76. The Balaban J connectivity index is 1.79. The molecule has 122 valence electrons. The van der Waals surface area contributed by atoms with E-state index < -0.39 is 0 Å². The summed E-state index contributed by atoms with van der Waals surface area (Å²) in [6, 6.07) is 6.29. The van der Waals surface area contributed by atoms with Crippen LogP contribution >= 0.6 is 0 Å². The Bertz CT molecular complexity index is 481. The molecule has 1 saturated heterocycles. The molecule has 1 aliphatic rings. The van der Waals surface area contributed by atoms with Crippen LogP contribution in [0.3, 0.4) is 0 Å². The van der Waals surface area contributed by atoms with Gasteiger partial charge in [-0.15, -0.1) is 0 Å². The molecule has 0 radical (unpaired) electrons. The number of carbonyl (C=O) groups is 1. The molecule has 1 amide bonds. The van der Waals surface area contributed by atoms with E-state index in [2.05, 4.69) is 10.2 Å². The Labute approximate surface area is 130 Å². The van der Waals surface area contributed by atoms with Crippen LogP contribution in [0.5, 0.6) is 0 Å². The molecule has 0 saturated carbocycles. The molecule has 1 aromatic rings. The largest absolute Gasteiger partial charge is 0.381 e. The molecule has 22 heavy (non-hydrogen) atoms. The van der Waals surface area contributed by atoms with Gasteiger partial charge < -0.3 is 15.8 Å². The van der Waals surface area contributed by atoms with Gasteiger partial charge in [-0.3, -0.25) is 9.69 Å². The van der Waals surface area contributed by atoms with E-state index in [1.54, 1.807) is 19.2 Å². The van der Waals surface area contributed by atoms with Crippen LogP contribution in [0.2, 0.25) is 0 Å². The molecule has 1 aromatic carbocycles. The first-order valence-corrected chi connectivity index (χ1v) is 7.60. The number of hydrogen-bond donors (Lipinski definition) is 2. The number of ether oxygens (including phenoxy) is 1. The van der Waals surface area contributed by atoms with Crippen molar-refractivity contribution in [3.8, 4) is 0 Å². The maximum absolute atomic E-state index is 12.8. The van der Waals surface area contributed by atoms with Crippen molar-refractivity contribution in [1.29, 1.82) is 0 Å². The van der Waals surface area contributed by atoms with Crippen LogP contribution in [0.1, 0.15) is 18.4 Å². The highest BCUT2D eigenvalue weighted by atomic mass is 19.1. The van der Waals surface area contributed by atoms with Gasteiger partial charge in [0.05, 0.1) is 12.6 Å². The van der Waals surface area contributed by atoms with Gasteiger partial charge in [0, 0.05) is 32.8 Å². The highest BCUT2D eigenvalue weighted by Gasteiger charge is 2.28. The topological polar surface area (TPSA) is 67.6 Å². The van der Waals surface area contributed by atoms with Crippen LogP contribution in [0, 0.1) is 5.82 Å². The van der Waals surface area contributed by atoms with Crippen LogP contribution in [-0.4, -0.2) is 49.7 Å². The average Bonchev–Trinajstić information content (AvgIpc) is 2.54. The zero-order chi connectivity index (χ0) is 15.9. The smallest absolute Gasteiger partial charge is 0.234 e. The molecule has 1 fully saturated rings. The van der Waals surface area contributed by atoms with Crippen molar-refractivity contribution >= 4 is 5.91 Å². The first kappa shape index (κ1) is 16.9. The molecule has 2 rings (SSSR count). The van der Waals surface area contributed by atoms with E-state index >= 15 is 0 Å². The normalized spacial score (nSPS) is 22.5. The summed E-state index contributed by atoms with van der Waals surface area (Å²) in [5.74, 6) is -0.319. The van der Waals surface area contributed by atoms with Crippen molar-refractivity contribution in [2.75, 3.05) is 26.7 Å². The minimum atomic E-state index is -0.276. The SMILES string of the molecule is COC1CCN(CC(=O)NCc2ccc(F)cc2)C(CN)C1. The van der Waals surface area contributed by atoms with Crippen molar-refractivity contribution in [3.05, 3.63) is 35.6 Å². The Morgan fingerprint density at radius 1 is 1.45 bits per heavy atom. The molecular weight excluding hydrogens is 285 g/mol. The van der Waals surface area contributed by atoms with E-state index in [9.17, 15) is 9.18 Å². The quantitative estimate of drug-likeness (QED) is 0.818. The molecule has 5 nitrogen and oxygen atoms in total. The van der Waals surface area contributed by atoms with Crippen molar-refractivity contribution in [3.63, 3.8) is 0 Å². The molecule has 6 heteroatoms. The second-order valence-corrected chi connectivity index (χ2v) is 5.65. The minimum Gasteiger partial charge on any atom is -0.381 e. The maximum atomic E-state index is 12.8. The second-order valence-electron chi connectivity index (χ2n) is 5.65. The monoisotopic (exact) mass is 309 g/mol. The first-order chi connectivity index (χ1) is 10.6. The predicted molar refractivity (Wildman–Crippen MR) is 82.7 cm³/mol. The molecule has 0 bridgehead atoms. The van der Waals surface area contributed by atoms with Crippen LogP contribution in [0.4, 0.5) is 4.39 Å². The highest BCUT2D eigenvalue weighted by molar-refractivity contribution is 5.78. The van der Waals surface area contributed by atoms with Crippen LogP contribution in [-0.2, 0) is 16.1 Å².